The molecule has 0 fully saturated rings. The van der Waals surface area contributed by atoms with Crippen LogP contribution in [-0.4, -0.2) is 11.0 Å². The number of aromatic nitrogens is 1. The molecular weight excluding hydrogens is 264 g/mol. The lowest BCUT2D eigenvalue weighted by Crippen LogP contribution is -2.34. The van der Waals surface area contributed by atoms with Crippen molar-refractivity contribution in [3.63, 3.8) is 0 Å². The average molecular weight is 277 g/mol. The quantitative estimate of drug-likeness (QED) is 0.901. The number of hydrogen-bond donors (Lipinski definition) is 2. The Morgan fingerprint density at radius 1 is 1.05 bits per heavy atom. The molecule has 0 spiro atoms. The average Bonchev–Trinajstić information content (AvgIpc) is 2.47. The number of urea groups is 1. The van der Waals surface area contributed by atoms with Gasteiger partial charge in [0, 0.05) is 31.0 Å². The number of rotatable bonds is 4. The minimum absolute atomic E-state index is 0.0776. The molecule has 2 aromatic rings. The second-order valence-corrected chi connectivity index (χ2v) is 4.13. The first-order valence-corrected chi connectivity index (χ1v) is 5.99. The predicted molar refractivity (Wildman–Crippen MR) is 69.7 cm³/mol. The number of amides is 2. The van der Waals surface area contributed by atoms with Crippen molar-refractivity contribution in [2.75, 3.05) is 0 Å². The van der Waals surface area contributed by atoms with Gasteiger partial charge < -0.3 is 10.6 Å². The highest BCUT2D eigenvalue weighted by Gasteiger charge is 2.06. The zero-order valence-corrected chi connectivity index (χ0v) is 10.6. The Morgan fingerprint density at radius 3 is 2.50 bits per heavy atom. The number of halogens is 2. The maximum atomic E-state index is 13.3. The molecule has 0 bridgehead atoms. The Labute approximate surface area is 114 Å². The first-order valence-electron chi connectivity index (χ1n) is 5.99. The Balaban J connectivity index is 1.82. The van der Waals surface area contributed by atoms with E-state index in [0.29, 0.717) is 6.54 Å². The molecule has 2 amide bonds. The molecule has 6 heteroatoms. The smallest absolute Gasteiger partial charge is 0.315 e. The lowest BCUT2D eigenvalue weighted by atomic mass is 10.2. The van der Waals surface area contributed by atoms with Gasteiger partial charge in [-0.1, -0.05) is 0 Å². The molecule has 20 heavy (non-hydrogen) atoms. The van der Waals surface area contributed by atoms with Gasteiger partial charge in [0.2, 0.25) is 0 Å². The molecule has 2 rings (SSSR count). The van der Waals surface area contributed by atoms with Crippen LogP contribution in [-0.2, 0) is 13.1 Å². The van der Waals surface area contributed by atoms with E-state index in [0.717, 1.165) is 23.8 Å². The molecule has 4 nitrogen and oxygen atoms in total. The van der Waals surface area contributed by atoms with Gasteiger partial charge >= 0.3 is 6.03 Å². The number of pyridine rings is 1. The standard InChI is InChI=1S/C14H13F2N3O/c15-12-1-2-13(16)11(7-12)9-19-14(20)18-8-10-3-5-17-6-4-10/h1-7H,8-9H2,(H2,18,19,20). The highest BCUT2D eigenvalue weighted by molar-refractivity contribution is 5.73. The van der Waals surface area contributed by atoms with Gasteiger partial charge in [-0.05, 0) is 35.9 Å². The van der Waals surface area contributed by atoms with E-state index in [1.807, 2.05) is 0 Å². The van der Waals surface area contributed by atoms with Crippen molar-refractivity contribution in [1.29, 1.82) is 0 Å². The number of nitrogens with one attached hydrogen (secondary N) is 2. The van der Waals surface area contributed by atoms with Crippen molar-refractivity contribution < 1.29 is 13.6 Å². The Hall–Kier alpha value is -2.50. The van der Waals surface area contributed by atoms with Crippen LogP contribution in [0.25, 0.3) is 0 Å². The Bertz CT molecular complexity index is 590. The highest BCUT2D eigenvalue weighted by atomic mass is 19.1. The molecule has 2 N–H and O–H groups in total. The molecule has 0 saturated carbocycles. The third-order valence-corrected chi connectivity index (χ3v) is 2.65. The van der Waals surface area contributed by atoms with Crippen molar-refractivity contribution >= 4 is 6.03 Å². The maximum absolute atomic E-state index is 13.3. The monoisotopic (exact) mass is 277 g/mol. The van der Waals surface area contributed by atoms with Crippen molar-refractivity contribution in [2.24, 2.45) is 0 Å². The number of nitrogens with zero attached hydrogens (tertiary/aromatic N) is 1. The molecule has 1 heterocycles. The van der Waals surface area contributed by atoms with E-state index in [1.165, 1.54) is 0 Å². The fourth-order valence-electron chi connectivity index (χ4n) is 1.60. The number of carbonyl (C=O) groups is 1. The Kier molecular flexibility index (Phi) is 4.60. The van der Waals surface area contributed by atoms with Gasteiger partial charge in [0.15, 0.2) is 0 Å². The van der Waals surface area contributed by atoms with Gasteiger partial charge in [0.25, 0.3) is 0 Å². The molecule has 0 unspecified atom stereocenters. The number of hydrogen-bond acceptors (Lipinski definition) is 2. The van der Waals surface area contributed by atoms with Crippen LogP contribution in [0.4, 0.5) is 13.6 Å². The van der Waals surface area contributed by atoms with Gasteiger partial charge in [-0.2, -0.15) is 0 Å². The zero-order valence-electron chi connectivity index (χ0n) is 10.6. The van der Waals surface area contributed by atoms with Gasteiger partial charge in [0.1, 0.15) is 11.6 Å². The summed E-state index contributed by atoms with van der Waals surface area (Å²) >= 11 is 0. The lowest BCUT2D eigenvalue weighted by Gasteiger charge is -2.08. The van der Waals surface area contributed by atoms with E-state index in [-0.39, 0.29) is 12.1 Å². The fourth-order valence-corrected chi connectivity index (χ4v) is 1.60. The summed E-state index contributed by atoms with van der Waals surface area (Å²) in [6.45, 7) is 0.256. The van der Waals surface area contributed by atoms with E-state index in [4.69, 9.17) is 0 Å². The third-order valence-electron chi connectivity index (χ3n) is 2.65. The van der Waals surface area contributed by atoms with Crippen molar-refractivity contribution in [3.8, 4) is 0 Å². The lowest BCUT2D eigenvalue weighted by molar-refractivity contribution is 0.240. The van der Waals surface area contributed by atoms with Crippen LogP contribution < -0.4 is 10.6 Å². The number of benzene rings is 1. The summed E-state index contributed by atoms with van der Waals surface area (Å²) < 4.78 is 26.3. The molecule has 0 aliphatic carbocycles. The predicted octanol–water partition coefficient (Wildman–Crippen LogP) is 2.36. The zero-order chi connectivity index (χ0) is 14.4. The van der Waals surface area contributed by atoms with Crippen LogP contribution in [0.2, 0.25) is 0 Å². The van der Waals surface area contributed by atoms with E-state index in [1.54, 1.807) is 24.5 Å². The third kappa shape index (κ3) is 4.01. The maximum Gasteiger partial charge on any atom is 0.315 e. The van der Waals surface area contributed by atoms with Crippen molar-refractivity contribution in [3.05, 3.63) is 65.5 Å². The van der Waals surface area contributed by atoms with Crippen LogP contribution in [0.5, 0.6) is 0 Å². The van der Waals surface area contributed by atoms with Gasteiger partial charge in [-0.25, -0.2) is 13.6 Å². The van der Waals surface area contributed by atoms with Crippen molar-refractivity contribution in [2.45, 2.75) is 13.1 Å². The summed E-state index contributed by atoms with van der Waals surface area (Å²) in [6.07, 6.45) is 3.24. The largest absolute Gasteiger partial charge is 0.334 e. The summed E-state index contributed by atoms with van der Waals surface area (Å²) in [4.78, 5) is 15.4. The molecule has 0 aliphatic heterocycles. The minimum Gasteiger partial charge on any atom is -0.334 e. The fraction of sp³-hybridized carbons (Fsp3) is 0.143. The summed E-state index contributed by atoms with van der Waals surface area (Å²) in [5.41, 5.74) is 0.996. The summed E-state index contributed by atoms with van der Waals surface area (Å²) in [6, 6.07) is 6.20. The van der Waals surface area contributed by atoms with Crippen molar-refractivity contribution in [1.82, 2.24) is 15.6 Å². The minimum atomic E-state index is -0.555. The molecule has 1 aromatic heterocycles. The normalized spacial score (nSPS) is 10.1. The first-order chi connectivity index (χ1) is 9.65. The molecular formula is C14H13F2N3O. The molecule has 0 saturated heterocycles. The first kappa shape index (κ1) is 13.9. The summed E-state index contributed by atoms with van der Waals surface area (Å²) in [5.74, 6) is -1.10. The van der Waals surface area contributed by atoms with E-state index < -0.39 is 17.7 Å². The summed E-state index contributed by atoms with van der Waals surface area (Å²) in [5, 5.41) is 5.07. The molecule has 0 atom stereocenters. The van der Waals surface area contributed by atoms with Crippen LogP contribution in [0.15, 0.2) is 42.7 Å². The highest BCUT2D eigenvalue weighted by Crippen LogP contribution is 2.09. The number of carbonyl (C=O) groups excluding carboxylic acids is 1. The second kappa shape index (κ2) is 6.60. The van der Waals surface area contributed by atoms with Crippen LogP contribution in [0.3, 0.4) is 0 Å². The van der Waals surface area contributed by atoms with E-state index >= 15 is 0 Å². The van der Waals surface area contributed by atoms with E-state index in [9.17, 15) is 13.6 Å². The van der Waals surface area contributed by atoms with Crippen LogP contribution in [0.1, 0.15) is 11.1 Å². The molecule has 1 aromatic carbocycles. The Morgan fingerprint density at radius 2 is 1.75 bits per heavy atom. The molecule has 0 aliphatic rings. The van der Waals surface area contributed by atoms with Gasteiger partial charge in [-0.15, -0.1) is 0 Å². The second-order valence-electron chi connectivity index (χ2n) is 4.13. The SMILES string of the molecule is O=C(NCc1ccncc1)NCc1cc(F)ccc1F. The molecule has 104 valence electrons. The van der Waals surface area contributed by atoms with Crippen LogP contribution >= 0.6 is 0 Å². The van der Waals surface area contributed by atoms with E-state index in [2.05, 4.69) is 15.6 Å². The topological polar surface area (TPSA) is 54.0 Å². The molecule has 0 radical (unpaired) electrons. The van der Waals surface area contributed by atoms with Gasteiger partial charge in [-0.3, -0.25) is 4.98 Å². The van der Waals surface area contributed by atoms with Gasteiger partial charge in [0.05, 0.1) is 0 Å². The van der Waals surface area contributed by atoms with Crippen LogP contribution in [0, 0.1) is 11.6 Å². The summed E-state index contributed by atoms with van der Waals surface area (Å²) in [7, 11) is 0.